The second-order valence-corrected chi connectivity index (χ2v) is 13.8. The lowest BCUT2D eigenvalue weighted by Gasteiger charge is -2.34. The molecule has 4 rings (SSSR count). The van der Waals surface area contributed by atoms with Gasteiger partial charge in [0.25, 0.3) is 0 Å². The molecule has 9 heteroatoms. The Morgan fingerprint density at radius 1 is 0.756 bits per heavy atom. The normalized spacial score (nSPS) is 16.2. The Bertz CT molecular complexity index is 1240. The molecule has 8 nitrogen and oxygen atoms in total. The highest BCUT2D eigenvalue weighted by atomic mass is 35.5. The molecule has 2 heterocycles. The number of rotatable bonds is 7. The highest BCUT2D eigenvalue weighted by molar-refractivity contribution is 6.18. The van der Waals surface area contributed by atoms with Crippen LogP contribution >= 0.6 is 11.6 Å². The number of amides is 2. The third kappa shape index (κ3) is 11.8. The van der Waals surface area contributed by atoms with Crippen molar-refractivity contribution in [3.63, 3.8) is 0 Å². The monoisotopic (exact) mass is 642 g/mol. The summed E-state index contributed by atoms with van der Waals surface area (Å²) in [4.78, 5) is 27.8. The Kier molecular flexibility index (Phi) is 13.5. The minimum atomic E-state index is -0.448. The number of ether oxygens (including phenoxy) is 4. The average Bonchev–Trinajstić information content (AvgIpc) is 2.99. The lowest BCUT2D eigenvalue weighted by Crippen LogP contribution is -2.41. The second-order valence-electron chi connectivity index (χ2n) is 13.4. The summed E-state index contributed by atoms with van der Waals surface area (Å²) in [5.74, 6) is 3.04. The van der Waals surface area contributed by atoms with Gasteiger partial charge in [0.1, 0.15) is 29.3 Å². The van der Waals surface area contributed by atoms with Crippen LogP contribution in [0.2, 0.25) is 0 Å². The molecule has 2 aromatic carbocycles. The molecule has 2 amide bonds. The highest BCUT2D eigenvalue weighted by Crippen LogP contribution is 2.36. The lowest BCUT2D eigenvalue weighted by molar-refractivity contribution is 0.0194. The van der Waals surface area contributed by atoms with Crippen LogP contribution in [0.5, 0.6) is 11.5 Å². The van der Waals surface area contributed by atoms with Crippen molar-refractivity contribution in [3.8, 4) is 11.5 Å². The van der Waals surface area contributed by atoms with Gasteiger partial charge in [-0.3, -0.25) is 0 Å². The van der Waals surface area contributed by atoms with Crippen molar-refractivity contribution in [2.45, 2.75) is 90.3 Å². The molecule has 2 fully saturated rings. The van der Waals surface area contributed by atoms with Crippen LogP contribution in [0.3, 0.4) is 0 Å². The van der Waals surface area contributed by atoms with E-state index in [2.05, 4.69) is 18.7 Å². The molecule has 0 N–H and O–H groups in total. The predicted molar refractivity (Wildman–Crippen MR) is 179 cm³/mol. The van der Waals surface area contributed by atoms with E-state index in [4.69, 9.17) is 30.5 Å². The molecule has 45 heavy (non-hydrogen) atoms. The van der Waals surface area contributed by atoms with Crippen molar-refractivity contribution in [3.05, 3.63) is 72.5 Å². The summed E-state index contributed by atoms with van der Waals surface area (Å²) < 4.78 is 22.1. The molecular weight excluding hydrogens is 592 g/mol. The van der Waals surface area contributed by atoms with Gasteiger partial charge in [-0.25, -0.2) is 9.59 Å². The molecule has 0 aromatic heterocycles. The first-order valence-electron chi connectivity index (χ1n) is 15.9. The van der Waals surface area contributed by atoms with E-state index < -0.39 is 11.2 Å². The number of hydrogen-bond acceptors (Lipinski definition) is 6. The van der Waals surface area contributed by atoms with E-state index >= 15 is 0 Å². The molecule has 0 spiro atoms. The van der Waals surface area contributed by atoms with Crippen LogP contribution < -0.4 is 9.47 Å². The Balaban J connectivity index is 0.000000246. The number of halogens is 1. The first kappa shape index (κ1) is 36.1. The van der Waals surface area contributed by atoms with Gasteiger partial charge >= 0.3 is 12.2 Å². The van der Waals surface area contributed by atoms with Crippen molar-refractivity contribution in [2.75, 3.05) is 38.7 Å². The lowest BCUT2D eigenvalue weighted by atomic mass is 9.89. The molecule has 2 saturated heterocycles. The second kappa shape index (κ2) is 16.8. The minimum absolute atomic E-state index is 0.220. The molecular formula is C36H51ClN2O6. The standard InChI is InChI=1S/C18H26ClNO3.C18H25NO3/c1-18(2,3)23-17(21)20-11-8-14(9-12-20)15-6-4-5-7-16(15)22-13-10-19;1-5-21-16-9-7-6-8-15(16)14-10-12-19(13-11-14)17(20)22-18(2,3)4/h4-7,14H,8-13H2,1-3H3;5-9,14H,1,10-13H2,2-4H3. The van der Waals surface area contributed by atoms with Gasteiger partial charge in [0.05, 0.1) is 12.1 Å². The quantitative estimate of drug-likeness (QED) is 0.222. The van der Waals surface area contributed by atoms with Crippen LogP contribution in [0, 0.1) is 0 Å². The number of carbonyl (C=O) groups excluding carboxylic acids is 2. The summed E-state index contributed by atoms with van der Waals surface area (Å²) in [6.45, 7) is 18.3. The third-order valence-electron chi connectivity index (χ3n) is 7.56. The van der Waals surface area contributed by atoms with Crippen molar-refractivity contribution in [2.24, 2.45) is 0 Å². The van der Waals surface area contributed by atoms with Crippen molar-refractivity contribution in [1.29, 1.82) is 0 Å². The van der Waals surface area contributed by atoms with Crippen LogP contribution in [0.25, 0.3) is 0 Å². The van der Waals surface area contributed by atoms with Crippen molar-refractivity contribution in [1.82, 2.24) is 9.80 Å². The minimum Gasteiger partial charge on any atom is -0.492 e. The number of carbonyl (C=O) groups is 2. The van der Waals surface area contributed by atoms with Crippen LogP contribution in [0.15, 0.2) is 61.4 Å². The van der Waals surface area contributed by atoms with Gasteiger partial charge in [0.2, 0.25) is 0 Å². The molecule has 0 radical (unpaired) electrons. The van der Waals surface area contributed by atoms with Crippen LogP contribution in [0.4, 0.5) is 9.59 Å². The number of nitrogens with zero attached hydrogens (tertiary/aromatic N) is 2. The van der Waals surface area contributed by atoms with Crippen LogP contribution in [-0.4, -0.2) is 71.9 Å². The Morgan fingerprint density at radius 2 is 1.16 bits per heavy atom. The summed E-state index contributed by atoms with van der Waals surface area (Å²) in [5, 5.41) is 0. The summed E-state index contributed by atoms with van der Waals surface area (Å²) in [6, 6.07) is 16.1. The fourth-order valence-electron chi connectivity index (χ4n) is 5.51. The van der Waals surface area contributed by atoms with Gasteiger partial charge in [0.15, 0.2) is 0 Å². The summed E-state index contributed by atoms with van der Waals surface area (Å²) in [5.41, 5.74) is 1.50. The van der Waals surface area contributed by atoms with E-state index in [1.807, 2.05) is 77.9 Å². The van der Waals surface area contributed by atoms with Crippen molar-refractivity contribution >= 4 is 23.8 Å². The number of likely N-dealkylation sites (tertiary alicyclic amines) is 2. The molecule has 2 aliphatic rings. The smallest absolute Gasteiger partial charge is 0.410 e. The molecule has 2 aromatic rings. The van der Waals surface area contributed by atoms with Gasteiger partial charge in [-0.1, -0.05) is 43.0 Å². The highest BCUT2D eigenvalue weighted by Gasteiger charge is 2.30. The Hall–Kier alpha value is -3.39. The first-order chi connectivity index (χ1) is 21.3. The Morgan fingerprint density at radius 3 is 1.56 bits per heavy atom. The zero-order valence-electron chi connectivity index (χ0n) is 27.9. The summed E-state index contributed by atoms with van der Waals surface area (Å²) >= 11 is 5.71. The molecule has 248 valence electrons. The van der Waals surface area contributed by atoms with Crippen LogP contribution in [0.1, 0.15) is 90.2 Å². The number of hydrogen-bond donors (Lipinski definition) is 0. The van der Waals surface area contributed by atoms with Crippen LogP contribution in [-0.2, 0) is 9.47 Å². The van der Waals surface area contributed by atoms with Gasteiger partial charge in [-0.15, -0.1) is 11.6 Å². The third-order valence-corrected chi connectivity index (χ3v) is 7.71. The van der Waals surface area contributed by atoms with E-state index in [-0.39, 0.29) is 12.2 Å². The zero-order valence-corrected chi connectivity index (χ0v) is 28.6. The SMILES string of the molecule is C=COc1ccccc1C1CCN(C(=O)OC(C)(C)C)CC1.CC(C)(C)OC(=O)N1CCC(c2ccccc2OCCCl)CC1. The molecule has 0 saturated carbocycles. The number of para-hydroxylation sites is 2. The van der Waals surface area contributed by atoms with E-state index in [9.17, 15) is 9.59 Å². The largest absolute Gasteiger partial charge is 0.492 e. The van der Waals surface area contributed by atoms with E-state index in [1.165, 1.54) is 17.4 Å². The van der Waals surface area contributed by atoms with Gasteiger partial charge in [0, 0.05) is 26.2 Å². The van der Waals surface area contributed by atoms with Gasteiger partial charge < -0.3 is 28.7 Å². The zero-order chi connectivity index (χ0) is 33.0. The fourth-order valence-corrected chi connectivity index (χ4v) is 5.59. The average molecular weight is 643 g/mol. The molecule has 0 unspecified atom stereocenters. The maximum atomic E-state index is 12.1. The fraction of sp³-hybridized carbons (Fsp3) is 0.556. The summed E-state index contributed by atoms with van der Waals surface area (Å²) in [7, 11) is 0. The maximum absolute atomic E-state index is 12.1. The first-order valence-corrected chi connectivity index (χ1v) is 16.4. The molecule has 0 atom stereocenters. The number of alkyl halides is 1. The van der Waals surface area contributed by atoms with E-state index in [0.29, 0.717) is 50.5 Å². The topological polar surface area (TPSA) is 77.5 Å². The van der Waals surface area contributed by atoms with Crippen molar-refractivity contribution < 1.29 is 28.5 Å². The van der Waals surface area contributed by atoms with E-state index in [1.54, 1.807) is 9.80 Å². The predicted octanol–water partition coefficient (Wildman–Crippen LogP) is 8.74. The van der Waals surface area contributed by atoms with Gasteiger partial charge in [-0.2, -0.15) is 0 Å². The van der Waals surface area contributed by atoms with Gasteiger partial charge in [-0.05, 0) is 102 Å². The molecule has 0 aliphatic carbocycles. The molecule has 0 bridgehead atoms. The maximum Gasteiger partial charge on any atom is 0.410 e. The van der Waals surface area contributed by atoms with E-state index in [0.717, 1.165) is 37.2 Å². The summed E-state index contributed by atoms with van der Waals surface area (Å²) in [6.07, 6.45) is 4.67. The number of benzene rings is 2. The molecule has 2 aliphatic heterocycles. The number of piperidine rings is 2. The Labute approximate surface area is 274 Å².